The van der Waals surface area contributed by atoms with Crippen LogP contribution in [0.5, 0.6) is 0 Å². The van der Waals surface area contributed by atoms with Gasteiger partial charge in [0.25, 0.3) is 0 Å². The van der Waals surface area contributed by atoms with Crippen molar-refractivity contribution in [2.24, 2.45) is 5.73 Å². The molecule has 19 heavy (non-hydrogen) atoms. The molecule has 1 rings (SSSR count). The summed E-state index contributed by atoms with van der Waals surface area (Å²) < 4.78 is 24.7. The van der Waals surface area contributed by atoms with E-state index in [9.17, 15) is 4.39 Å². The molecule has 1 aromatic carbocycles. The van der Waals surface area contributed by atoms with Crippen LogP contribution < -0.4 is 5.73 Å². The largest absolute Gasteiger partial charge is 0.389 e. The van der Waals surface area contributed by atoms with Crippen LogP contribution in [-0.4, -0.2) is 24.3 Å². The Morgan fingerprint density at radius 2 is 2.11 bits per heavy atom. The summed E-state index contributed by atoms with van der Waals surface area (Å²) in [6.07, 6.45) is 0.736. The number of halogens is 1. The summed E-state index contributed by atoms with van der Waals surface area (Å²) in [5, 5.41) is 0. The van der Waals surface area contributed by atoms with Crippen molar-refractivity contribution in [1.82, 2.24) is 0 Å². The molecule has 0 saturated heterocycles. The maximum atomic E-state index is 14.0. The Hall–Kier alpha value is -1.04. The first-order chi connectivity index (χ1) is 8.87. The zero-order chi connectivity index (χ0) is 14.5. The highest BCUT2D eigenvalue weighted by atomic mass is 32.1. The van der Waals surface area contributed by atoms with Crippen LogP contribution in [0.1, 0.15) is 31.4 Å². The molecule has 0 aliphatic carbocycles. The average Bonchev–Trinajstić information content (AvgIpc) is 2.36. The summed E-state index contributed by atoms with van der Waals surface area (Å²) in [4.78, 5) is 0.0554. The van der Waals surface area contributed by atoms with Gasteiger partial charge in [-0.25, -0.2) is 4.39 Å². The van der Waals surface area contributed by atoms with E-state index in [0.29, 0.717) is 12.2 Å². The molecule has 3 nitrogen and oxygen atoms in total. The third-order valence-electron chi connectivity index (χ3n) is 3.00. The van der Waals surface area contributed by atoms with Crippen molar-refractivity contribution >= 4 is 17.2 Å². The summed E-state index contributed by atoms with van der Waals surface area (Å²) >= 11 is 4.79. The Morgan fingerprint density at radius 1 is 1.42 bits per heavy atom. The molecule has 0 aromatic heterocycles. The third-order valence-corrected chi connectivity index (χ3v) is 3.22. The molecule has 0 bridgehead atoms. The standard InChI is InChI=1S/C14H20FNO2S/c1-14(2,17-3)7-8-18-9-10-5-4-6-11(12(10)15)13(16)19/h4-6H,7-9H2,1-3H3,(H2,16,19). The number of thiocarbonyl (C=S) groups is 1. The second kappa shape index (κ2) is 6.93. The second-order valence-corrected chi connectivity index (χ2v) is 5.35. The highest BCUT2D eigenvalue weighted by Crippen LogP contribution is 2.16. The summed E-state index contributed by atoms with van der Waals surface area (Å²) in [7, 11) is 1.66. The number of methoxy groups -OCH3 is 1. The maximum Gasteiger partial charge on any atom is 0.138 e. The van der Waals surface area contributed by atoms with Gasteiger partial charge in [0.05, 0.1) is 12.2 Å². The molecule has 0 spiro atoms. The molecule has 106 valence electrons. The Balaban J connectivity index is 2.55. The molecule has 0 amide bonds. The molecular weight excluding hydrogens is 265 g/mol. The Labute approximate surface area is 118 Å². The van der Waals surface area contributed by atoms with Gasteiger partial charge in [0.1, 0.15) is 10.8 Å². The van der Waals surface area contributed by atoms with Gasteiger partial charge in [0, 0.05) is 24.8 Å². The lowest BCUT2D eigenvalue weighted by Gasteiger charge is -2.22. The molecular formula is C14H20FNO2S. The zero-order valence-corrected chi connectivity index (χ0v) is 12.3. The van der Waals surface area contributed by atoms with Crippen molar-refractivity contribution in [2.75, 3.05) is 13.7 Å². The number of benzene rings is 1. The van der Waals surface area contributed by atoms with Crippen LogP contribution in [0.4, 0.5) is 4.39 Å². The van der Waals surface area contributed by atoms with Crippen molar-refractivity contribution in [3.8, 4) is 0 Å². The smallest absolute Gasteiger partial charge is 0.138 e. The van der Waals surface area contributed by atoms with Gasteiger partial charge in [-0.1, -0.05) is 24.4 Å². The monoisotopic (exact) mass is 285 g/mol. The number of ether oxygens (including phenoxy) is 2. The first kappa shape index (κ1) is 16.0. The van der Waals surface area contributed by atoms with E-state index in [0.717, 1.165) is 6.42 Å². The maximum absolute atomic E-state index is 14.0. The molecule has 0 aliphatic heterocycles. The van der Waals surface area contributed by atoms with E-state index in [4.69, 9.17) is 27.4 Å². The van der Waals surface area contributed by atoms with Crippen LogP contribution in [0.25, 0.3) is 0 Å². The minimum atomic E-state index is -0.402. The lowest BCUT2D eigenvalue weighted by atomic mass is 10.1. The van der Waals surface area contributed by atoms with Gasteiger partial charge in [0.2, 0.25) is 0 Å². The average molecular weight is 285 g/mol. The van der Waals surface area contributed by atoms with Gasteiger partial charge < -0.3 is 15.2 Å². The molecule has 0 fully saturated rings. The fourth-order valence-corrected chi connectivity index (χ4v) is 1.64. The molecule has 1 aromatic rings. The molecule has 2 N–H and O–H groups in total. The minimum absolute atomic E-state index is 0.0554. The predicted molar refractivity (Wildman–Crippen MR) is 77.6 cm³/mol. The molecule has 0 radical (unpaired) electrons. The van der Waals surface area contributed by atoms with Crippen molar-refractivity contribution in [3.63, 3.8) is 0 Å². The van der Waals surface area contributed by atoms with Gasteiger partial charge >= 0.3 is 0 Å². The predicted octanol–water partition coefficient (Wildman–Crippen LogP) is 2.79. The SMILES string of the molecule is COC(C)(C)CCOCc1cccc(C(N)=S)c1F. The van der Waals surface area contributed by atoms with E-state index in [-0.39, 0.29) is 22.8 Å². The highest BCUT2D eigenvalue weighted by Gasteiger charge is 2.16. The molecule has 0 atom stereocenters. The normalized spacial score (nSPS) is 11.6. The van der Waals surface area contributed by atoms with Crippen molar-refractivity contribution < 1.29 is 13.9 Å². The molecule has 0 unspecified atom stereocenters. The van der Waals surface area contributed by atoms with Crippen LogP contribution in [0, 0.1) is 5.82 Å². The lowest BCUT2D eigenvalue weighted by molar-refractivity contribution is -0.0127. The third kappa shape index (κ3) is 4.86. The van der Waals surface area contributed by atoms with Gasteiger partial charge in [-0.3, -0.25) is 0 Å². The van der Waals surface area contributed by atoms with Gasteiger partial charge in [-0.15, -0.1) is 0 Å². The molecule has 0 aliphatic rings. The molecule has 5 heteroatoms. The van der Waals surface area contributed by atoms with E-state index in [1.165, 1.54) is 0 Å². The second-order valence-electron chi connectivity index (χ2n) is 4.91. The fourth-order valence-electron chi connectivity index (χ4n) is 1.48. The van der Waals surface area contributed by atoms with Crippen molar-refractivity contribution in [3.05, 3.63) is 35.1 Å². The Morgan fingerprint density at radius 3 is 2.68 bits per heavy atom. The fraction of sp³-hybridized carbons (Fsp3) is 0.500. The summed E-state index contributed by atoms with van der Waals surface area (Å²) in [5.41, 5.74) is 5.93. The van der Waals surface area contributed by atoms with Crippen LogP contribution in [0.15, 0.2) is 18.2 Å². The quantitative estimate of drug-likeness (QED) is 0.618. The van der Waals surface area contributed by atoms with E-state index >= 15 is 0 Å². The number of rotatable bonds is 7. The number of hydrogen-bond donors (Lipinski definition) is 1. The highest BCUT2D eigenvalue weighted by molar-refractivity contribution is 7.80. The first-order valence-electron chi connectivity index (χ1n) is 6.07. The van der Waals surface area contributed by atoms with Crippen LogP contribution in [-0.2, 0) is 16.1 Å². The van der Waals surface area contributed by atoms with Gasteiger partial charge in [-0.05, 0) is 26.3 Å². The van der Waals surface area contributed by atoms with Crippen molar-refractivity contribution in [1.29, 1.82) is 0 Å². The Kier molecular flexibility index (Phi) is 5.85. The Bertz CT molecular complexity index is 449. The zero-order valence-electron chi connectivity index (χ0n) is 11.5. The molecule has 0 heterocycles. The van der Waals surface area contributed by atoms with E-state index < -0.39 is 5.82 Å². The van der Waals surface area contributed by atoms with Crippen molar-refractivity contribution in [2.45, 2.75) is 32.5 Å². The number of hydrogen-bond acceptors (Lipinski definition) is 3. The summed E-state index contributed by atoms with van der Waals surface area (Å²) in [6.45, 7) is 4.65. The van der Waals surface area contributed by atoms with E-state index in [1.54, 1.807) is 25.3 Å². The van der Waals surface area contributed by atoms with Crippen LogP contribution in [0.3, 0.4) is 0 Å². The van der Waals surface area contributed by atoms with Crippen LogP contribution in [0.2, 0.25) is 0 Å². The van der Waals surface area contributed by atoms with Gasteiger partial charge in [-0.2, -0.15) is 0 Å². The number of nitrogens with two attached hydrogens (primary N) is 1. The van der Waals surface area contributed by atoms with E-state index in [1.807, 2.05) is 13.8 Å². The summed E-state index contributed by atoms with van der Waals surface area (Å²) in [6, 6.07) is 4.95. The minimum Gasteiger partial charge on any atom is -0.389 e. The van der Waals surface area contributed by atoms with E-state index in [2.05, 4.69) is 0 Å². The topological polar surface area (TPSA) is 44.5 Å². The first-order valence-corrected chi connectivity index (χ1v) is 6.48. The van der Waals surface area contributed by atoms with Crippen LogP contribution >= 0.6 is 12.2 Å². The summed E-state index contributed by atoms with van der Waals surface area (Å²) in [5.74, 6) is -0.402. The van der Waals surface area contributed by atoms with Gasteiger partial charge in [0.15, 0.2) is 0 Å². The lowest BCUT2D eigenvalue weighted by Crippen LogP contribution is -2.24. The molecule has 0 saturated carbocycles.